The summed E-state index contributed by atoms with van der Waals surface area (Å²) in [5.74, 6) is -1.24. The number of aliphatic hydroxyl groups excluding tert-OH is 1. The van der Waals surface area contributed by atoms with E-state index in [1.165, 1.54) is 11.8 Å². The van der Waals surface area contributed by atoms with Crippen molar-refractivity contribution >= 4 is 29.1 Å². The third kappa shape index (κ3) is 5.11. The van der Waals surface area contributed by atoms with Crippen LogP contribution in [0.5, 0.6) is 11.5 Å². The van der Waals surface area contributed by atoms with Crippen LogP contribution in [0.2, 0.25) is 0 Å². The molecule has 0 aromatic heterocycles. The Morgan fingerprint density at radius 3 is 2.16 bits per heavy atom. The summed E-state index contributed by atoms with van der Waals surface area (Å²) in [6.07, 6.45) is 0. The average molecular weight is 500 g/mol. The van der Waals surface area contributed by atoms with Gasteiger partial charge in [-0.3, -0.25) is 19.3 Å². The fraction of sp³-hybridized carbons (Fsp3) is 0.233. The molecule has 0 spiro atoms. The summed E-state index contributed by atoms with van der Waals surface area (Å²) in [6, 6.07) is 16.4. The van der Waals surface area contributed by atoms with Crippen LogP contribution in [-0.4, -0.2) is 29.4 Å². The van der Waals surface area contributed by atoms with Crippen molar-refractivity contribution in [2.75, 3.05) is 11.5 Å². The number of carbonyl (C=O) groups excluding carboxylic acids is 3. The second-order valence-electron chi connectivity index (χ2n) is 9.09. The van der Waals surface area contributed by atoms with Gasteiger partial charge in [0.1, 0.15) is 17.3 Å². The van der Waals surface area contributed by atoms with Crippen LogP contribution in [-0.2, 0) is 14.4 Å². The predicted molar refractivity (Wildman–Crippen MR) is 141 cm³/mol. The average Bonchev–Trinajstić information content (AvgIpc) is 3.10. The van der Waals surface area contributed by atoms with E-state index >= 15 is 0 Å². The van der Waals surface area contributed by atoms with Crippen molar-refractivity contribution in [3.05, 3.63) is 94.1 Å². The zero-order valence-electron chi connectivity index (χ0n) is 21.5. The van der Waals surface area contributed by atoms with E-state index in [9.17, 15) is 19.5 Å². The van der Waals surface area contributed by atoms with Crippen molar-refractivity contribution in [2.24, 2.45) is 0 Å². The highest BCUT2D eigenvalue weighted by Crippen LogP contribution is 2.43. The molecular weight excluding hydrogens is 470 g/mol. The second kappa shape index (κ2) is 10.3. The molecule has 3 aromatic rings. The Hall–Kier alpha value is -4.39. The van der Waals surface area contributed by atoms with E-state index < -0.39 is 23.7 Å². The van der Waals surface area contributed by atoms with E-state index in [1.54, 1.807) is 42.5 Å². The number of benzene rings is 3. The number of esters is 1. The third-order valence-corrected chi connectivity index (χ3v) is 6.13. The maximum Gasteiger partial charge on any atom is 0.308 e. The van der Waals surface area contributed by atoms with Crippen molar-refractivity contribution in [1.29, 1.82) is 0 Å². The zero-order valence-corrected chi connectivity index (χ0v) is 21.5. The van der Waals surface area contributed by atoms with Gasteiger partial charge in [-0.25, -0.2) is 0 Å². The smallest absolute Gasteiger partial charge is 0.308 e. The summed E-state index contributed by atoms with van der Waals surface area (Å²) >= 11 is 0. The Morgan fingerprint density at radius 1 is 0.946 bits per heavy atom. The lowest BCUT2D eigenvalue weighted by molar-refractivity contribution is -0.132. The van der Waals surface area contributed by atoms with Crippen LogP contribution in [0, 0.1) is 20.8 Å². The topological polar surface area (TPSA) is 93.1 Å². The van der Waals surface area contributed by atoms with E-state index in [4.69, 9.17) is 9.47 Å². The first-order valence-electron chi connectivity index (χ1n) is 12.0. The molecule has 3 aromatic carbocycles. The molecule has 0 saturated carbocycles. The van der Waals surface area contributed by atoms with Gasteiger partial charge < -0.3 is 14.6 Å². The molecule has 1 N–H and O–H groups in total. The molecule has 37 heavy (non-hydrogen) atoms. The predicted octanol–water partition coefficient (Wildman–Crippen LogP) is 5.56. The normalized spacial score (nSPS) is 16.7. The molecule has 0 bridgehead atoms. The number of aliphatic hydroxyl groups is 1. The standard InChI is InChI=1S/C30H29NO6/c1-6-36-25-12-9-22(16-19(25)4)28(33)26-27(21-7-10-24(11-8-21)37-20(5)32)31(30(35)29(26)34)23-14-17(2)13-18(3)15-23/h7-16,27,33H,6H2,1-5H3/b28-26-. The van der Waals surface area contributed by atoms with Crippen LogP contribution in [0.4, 0.5) is 5.69 Å². The van der Waals surface area contributed by atoms with Crippen molar-refractivity contribution in [3.63, 3.8) is 0 Å². The molecule has 1 amide bonds. The number of carbonyl (C=O) groups is 3. The molecule has 190 valence electrons. The fourth-order valence-corrected chi connectivity index (χ4v) is 4.66. The number of hydrogen-bond donors (Lipinski definition) is 1. The third-order valence-electron chi connectivity index (χ3n) is 6.13. The van der Waals surface area contributed by atoms with Crippen LogP contribution in [0.1, 0.15) is 47.7 Å². The van der Waals surface area contributed by atoms with Crippen LogP contribution < -0.4 is 14.4 Å². The summed E-state index contributed by atoms with van der Waals surface area (Å²) in [7, 11) is 0. The minimum absolute atomic E-state index is 0.0204. The quantitative estimate of drug-likeness (QED) is 0.157. The Labute approximate surface area is 215 Å². The van der Waals surface area contributed by atoms with Crippen LogP contribution in [0.15, 0.2) is 66.2 Å². The van der Waals surface area contributed by atoms with Crippen molar-refractivity contribution in [2.45, 2.75) is 40.7 Å². The summed E-state index contributed by atoms with van der Waals surface area (Å²) in [6.45, 7) is 9.37. The molecule has 7 nitrogen and oxygen atoms in total. The number of ether oxygens (including phenoxy) is 2. The maximum absolute atomic E-state index is 13.4. The number of amides is 1. The largest absolute Gasteiger partial charge is 0.507 e. The summed E-state index contributed by atoms with van der Waals surface area (Å²) in [5, 5.41) is 11.4. The number of Topliss-reactive ketones (excluding diaryl/α,β-unsaturated/α-hetero) is 1. The van der Waals surface area contributed by atoms with E-state index in [1.807, 2.05) is 45.9 Å². The number of anilines is 1. The number of aryl methyl sites for hydroxylation is 3. The monoisotopic (exact) mass is 499 g/mol. The summed E-state index contributed by atoms with van der Waals surface area (Å²) in [4.78, 5) is 39.6. The molecule has 7 heteroatoms. The van der Waals surface area contributed by atoms with Gasteiger partial charge >= 0.3 is 5.97 Å². The van der Waals surface area contributed by atoms with Gasteiger partial charge in [0.05, 0.1) is 18.2 Å². The Balaban J connectivity index is 1.90. The first kappa shape index (κ1) is 25.7. The van der Waals surface area contributed by atoms with E-state index in [-0.39, 0.29) is 11.3 Å². The molecule has 1 aliphatic rings. The summed E-state index contributed by atoms with van der Waals surface area (Å²) in [5.41, 5.74) is 4.17. The lowest BCUT2D eigenvalue weighted by Gasteiger charge is -2.26. The first-order chi connectivity index (χ1) is 17.6. The number of ketones is 1. The Morgan fingerprint density at radius 2 is 1.59 bits per heavy atom. The summed E-state index contributed by atoms with van der Waals surface area (Å²) < 4.78 is 10.7. The lowest BCUT2D eigenvalue weighted by Crippen LogP contribution is -2.29. The SMILES string of the molecule is CCOc1ccc(/C(O)=C2/C(=O)C(=O)N(c3cc(C)cc(C)c3)C2c2ccc(OC(C)=O)cc2)cc1C. The van der Waals surface area contributed by atoms with Gasteiger partial charge in [0.15, 0.2) is 0 Å². The van der Waals surface area contributed by atoms with Gasteiger partial charge in [-0.15, -0.1) is 0 Å². The first-order valence-corrected chi connectivity index (χ1v) is 12.0. The van der Waals surface area contributed by atoms with Crippen LogP contribution in [0.3, 0.4) is 0 Å². The van der Waals surface area contributed by atoms with Crippen molar-refractivity contribution in [1.82, 2.24) is 0 Å². The van der Waals surface area contributed by atoms with Crippen LogP contribution >= 0.6 is 0 Å². The highest BCUT2D eigenvalue weighted by molar-refractivity contribution is 6.51. The molecule has 1 heterocycles. The Kier molecular flexibility index (Phi) is 7.16. The van der Waals surface area contributed by atoms with Crippen molar-refractivity contribution in [3.8, 4) is 11.5 Å². The number of hydrogen-bond acceptors (Lipinski definition) is 6. The molecule has 1 saturated heterocycles. The van der Waals surface area contributed by atoms with Gasteiger partial charge in [0, 0.05) is 18.2 Å². The minimum atomic E-state index is -0.889. The molecule has 1 fully saturated rings. The molecular formula is C30H29NO6. The fourth-order valence-electron chi connectivity index (χ4n) is 4.66. The minimum Gasteiger partial charge on any atom is -0.507 e. The van der Waals surface area contributed by atoms with Crippen molar-refractivity contribution < 1.29 is 29.0 Å². The van der Waals surface area contributed by atoms with E-state index in [0.717, 1.165) is 16.7 Å². The van der Waals surface area contributed by atoms with E-state index in [2.05, 4.69) is 0 Å². The van der Waals surface area contributed by atoms with E-state index in [0.29, 0.717) is 34.9 Å². The number of rotatable bonds is 6. The zero-order chi connectivity index (χ0) is 26.9. The van der Waals surface area contributed by atoms with Gasteiger partial charge in [0.2, 0.25) is 0 Å². The highest BCUT2D eigenvalue weighted by atomic mass is 16.5. The van der Waals surface area contributed by atoms with Gasteiger partial charge in [0.25, 0.3) is 11.7 Å². The highest BCUT2D eigenvalue weighted by Gasteiger charge is 2.47. The van der Waals surface area contributed by atoms with Crippen LogP contribution in [0.25, 0.3) is 5.76 Å². The molecule has 1 atom stereocenters. The molecule has 0 radical (unpaired) electrons. The van der Waals surface area contributed by atoms with Gasteiger partial charge in [-0.1, -0.05) is 18.2 Å². The second-order valence-corrected chi connectivity index (χ2v) is 9.09. The molecule has 4 rings (SSSR count). The molecule has 0 aliphatic carbocycles. The van der Waals surface area contributed by atoms with Gasteiger partial charge in [-0.05, 0) is 92.4 Å². The molecule has 1 unspecified atom stereocenters. The molecule has 1 aliphatic heterocycles. The Bertz CT molecular complexity index is 1400. The number of nitrogens with zero attached hydrogens (tertiary/aromatic N) is 1. The maximum atomic E-state index is 13.4. The van der Waals surface area contributed by atoms with Gasteiger partial charge in [-0.2, -0.15) is 0 Å². The lowest BCUT2D eigenvalue weighted by atomic mass is 9.94.